The zero-order valence-electron chi connectivity index (χ0n) is 10.2. The molecule has 1 aromatic rings. The lowest BCUT2D eigenvalue weighted by atomic mass is 10.1. The molecular weight excluding hydrogens is 236 g/mol. The maximum Gasteiger partial charge on any atom is 0.272 e. The van der Waals surface area contributed by atoms with Crippen molar-refractivity contribution in [2.45, 2.75) is 19.4 Å². The number of nitrogens with zero attached hydrogens (tertiary/aromatic N) is 1. The first kappa shape index (κ1) is 14.0. The van der Waals surface area contributed by atoms with E-state index in [1.165, 1.54) is 0 Å². The lowest BCUT2D eigenvalue weighted by Crippen LogP contribution is -2.30. The minimum Gasteiger partial charge on any atom is -0.313 e. The number of nitro benzene ring substituents is 1. The monoisotopic (exact) mass is 254 g/mol. The Bertz CT molecular complexity index is 371. The SMILES string of the molecule is CSCC(C)NCCc1ccccc1[N+](=O)[O-]. The summed E-state index contributed by atoms with van der Waals surface area (Å²) in [6.07, 6.45) is 2.76. The number of para-hydroxylation sites is 1. The van der Waals surface area contributed by atoms with Crippen molar-refractivity contribution in [3.05, 3.63) is 39.9 Å². The van der Waals surface area contributed by atoms with Crippen LogP contribution >= 0.6 is 11.8 Å². The number of nitro groups is 1. The number of hydrogen-bond acceptors (Lipinski definition) is 4. The van der Waals surface area contributed by atoms with Gasteiger partial charge < -0.3 is 5.32 Å². The van der Waals surface area contributed by atoms with Crippen molar-refractivity contribution in [3.8, 4) is 0 Å². The summed E-state index contributed by atoms with van der Waals surface area (Å²) in [5, 5.41) is 14.2. The average molecular weight is 254 g/mol. The van der Waals surface area contributed by atoms with E-state index in [1.54, 1.807) is 23.9 Å². The van der Waals surface area contributed by atoms with Crippen LogP contribution in [0.5, 0.6) is 0 Å². The lowest BCUT2D eigenvalue weighted by Gasteiger charge is -2.12. The van der Waals surface area contributed by atoms with Gasteiger partial charge in [-0.25, -0.2) is 0 Å². The quantitative estimate of drug-likeness (QED) is 0.600. The Hall–Kier alpha value is -1.07. The number of benzene rings is 1. The Balaban J connectivity index is 2.49. The summed E-state index contributed by atoms with van der Waals surface area (Å²) in [6, 6.07) is 7.35. The predicted octanol–water partition coefficient (Wildman–Crippen LogP) is 2.48. The highest BCUT2D eigenvalue weighted by molar-refractivity contribution is 7.98. The third-order valence-electron chi connectivity index (χ3n) is 2.49. The molecule has 17 heavy (non-hydrogen) atoms. The highest BCUT2D eigenvalue weighted by atomic mass is 32.2. The lowest BCUT2D eigenvalue weighted by molar-refractivity contribution is -0.385. The van der Waals surface area contributed by atoms with Gasteiger partial charge in [0, 0.05) is 23.4 Å². The van der Waals surface area contributed by atoms with Crippen LogP contribution in [0.15, 0.2) is 24.3 Å². The fraction of sp³-hybridized carbons (Fsp3) is 0.500. The largest absolute Gasteiger partial charge is 0.313 e. The van der Waals surface area contributed by atoms with Gasteiger partial charge in [0.2, 0.25) is 0 Å². The molecule has 0 aromatic heterocycles. The topological polar surface area (TPSA) is 55.2 Å². The van der Waals surface area contributed by atoms with Gasteiger partial charge >= 0.3 is 0 Å². The summed E-state index contributed by atoms with van der Waals surface area (Å²) in [5.74, 6) is 1.05. The van der Waals surface area contributed by atoms with Crippen molar-refractivity contribution in [1.29, 1.82) is 0 Å². The molecule has 0 bridgehead atoms. The molecule has 0 aliphatic carbocycles. The normalized spacial score (nSPS) is 12.4. The Kier molecular flexibility index (Phi) is 6.00. The first-order valence-corrected chi connectivity index (χ1v) is 6.99. The fourth-order valence-corrected chi connectivity index (χ4v) is 2.28. The molecule has 5 heteroatoms. The van der Waals surface area contributed by atoms with Crippen LogP contribution in [0.3, 0.4) is 0 Å². The second-order valence-corrected chi connectivity index (χ2v) is 4.86. The molecule has 1 N–H and O–H groups in total. The standard InChI is InChI=1S/C12H18N2O2S/c1-10(9-17-2)13-8-7-11-5-3-4-6-12(11)14(15)16/h3-6,10,13H,7-9H2,1-2H3. The van der Waals surface area contributed by atoms with E-state index in [1.807, 2.05) is 12.1 Å². The highest BCUT2D eigenvalue weighted by Gasteiger charge is 2.11. The van der Waals surface area contributed by atoms with E-state index >= 15 is 0 Å². The maximum absolute atomic E-state index is 10.8. The third-order valence-corrected chi connectivity index (χ3v) is 3.33. The van der Waals surface area contributed by atoms with Crippen molar-refractivity contribution in [2.24, 2.45) is 0 Å². The molecule has 1 unspecified atom stereocenters. The zero-order chi connectivity index (χ0) is 12.7. The van der Waals surface area contributed by atoms with Crippen LogP contribution in [0.25, 0.3) is 0 Å². The summed E-state index contributed by atoms with van der Waals surface area (Å²) in [4.78, 5) is 10.5. The minimum atomic E-state index is -0.319. The molecule has 0 aliphatic heterocycles. The van der Waals surface area contributed by atoms with E-state index in [9.17, 15) is 10.1 Å². The fourth-order valence-electron chi connectivity index (χ4n) is 1.66. The van der Waals surface area contributed by atoms with Gasteiger partial charge in [0.05, 0.1) is 4.92 Å². The molecule has 1 atom stereocenters. The Morgan fingerprint density at radius 3 is 2.82 bits per heavy atom. The van der Waals surface area contributed by atoms with E-state index in [-0.39, 0.29) is 10.6 Å². The molecule has 0 fully saturated rings. The van der Waals surface area contributed by atoms with Crippen molar-refractivity contribution >= 4 is 17.4 Å². The second kappa shape index (κ2) is 7.29. The predicted molar refractivity (Wildman–Crippen MR) is 72.6 cm³/mol. The second-order valence-electron chi connectivity index (χ2n) is 3.95. The Morgan fingerprint density at radius 1 is 1.47 bits per heavy atom. The molecule has 94 valence electrons. The first-order valence-electron chi connectivity index (χ1n) is 5.59. The van der Waals surface area contributed by atoms with E-state index < -0.39 is 0 Å². The molecule has 0 spiro atoms. The van der Waals surface area contributed by atoms with E-state index in [4.69, 9.17) is 0 Å². The summed E-state index contributed by atoms with van der Waals surface area (Å²) in [7, 11) is 0. The van der Waals surface area contributed by atoms with Gasteiger partial charge in [-0.1, -0.05) is 18.2 Å². The van der Waals surface area contributed by atoms with Gasteiger partial charge in [-0.05, 0) is 26.1 Å². The van der Waals surface area contributed by atoms with Crippen molar-refractivity contribution < 1.29 is 4.92 Å². The maximum atomic E-state index is 10.8. The highest BCUT2D eigenvalue weighted by Crippen LogP contribution is 2.17. The van der Waals surface area contributed by atoms with Crippen LogP contribution < -0.4 is 5.32 Å². The van der Waals surface area contributed by atoms with Crippen LogP contribution in [0.4, 0.5) is 5.69 Å². The molecule has 0 aliphatic rings. The molecule has 1 rings (SSSR count). The van der Waals surface area contributed by atoms with E-state index in [0.717, 1.165) is 17.9 Å². The molecule has 4 nitrogen and oxygen atoms in total. The van der Waals surface area contributed by atoms with Gasteiger partial charge in [0.15, 0.2) is 0 Å². The van der Waals surface area contributed by atoms with Crippen molar-refractivity contribution in [2.75, 3.05) is 18.6 Å². The van der Waals surface area contributed by atoms with Crippen molar-refractivity contribution in [3.63, 3.8) is 0 Å². The van der Waals surface area contributed by atoms with Crippen LogP contribution in [0.1, 0.15) is 12.5 Å². The molecule has 0 saturated heterocycles. The minimum absolute atomic E-state index is 0.215. The number of rotatable bonds is 7. The summed E-state index contributed by atoms with van der Waals surface area (Å²) >= 11 is 1.79. The number of nitrogens with one attached hydrogen (secondary N) is 1. The summed E-state index contributed by atoms with van der Waals surface area (Å²) < 4.78 is 0. The van der Waals surface area contributed by atoms with Crippen LogP contribution in [-0.2, 0) is 6.42 Å². The van der Waals surface area contributed by atoms with E-state index in [0.29, 0.717) is 12.5 Å². The van der Waals surface area contributed by atoms with Crippen LogP contribution in [0.2, 0.25) is 0 Å². The van der Waals surface area contributed by atoms with Crippen LogP contribution in [0, 0.1) is 10.1 Å². The average Bonchev–Trinajstić information content (AvgIpc) is 2.30. The Morgan fingerprint density at radius 2 is 2.18 bits per heavy atom. The van der Waals surface area contributed by atoms with E-state index in [2.05, 4.69) is 18.5 Å². The zero-order valence-corrected chi connectivity index (χ0v) is 11.0. The molecule has 1 aromatic carbocycles. The van der Waals surface area contributed by atoms with Gasteiger partial charge in [-0.15, -0.1) is 0 Å². The van der Waals surface area contributed by atoms with Gasteiger partial charge in [-0.3, -0.25) is 10.1 Å². The molecule has 0 saturated carbocycles. The van der Waals surface area contributed by atoms with Gasteiger partial charge in [0.25, 0.3) is 5.69 Å². The van der Waals surface area contributed by atoms with Crippen LogP contribution in [-0.4, -0.2) is 29.5 Å². The molecule has 0 radical (unpaired) electrons. The molecule has 0 heterocycles. The Labute approximate surface area is 106 Å². The molecular formula is C12H18N2O2S. The number of thioether (sulfide) groups is 1. The molecule has 0 amide bonds. The summed E-state index contributed by atoms with van der Waals surface area (Å²) in [6.45, 7) is 2.89. The number of hydrogen-bond donors (Lipinski definition) is 1. The van der Waals surface area contributed by atoms with Crippen molar-refractivity contribution in [1.82, 2.24) is 5.32 Å². The first-order chi connectivity index (χ1) is 8.15. The van der Waals surface area contributed by atoms with Gasteiger partial charge in [0.1, 0.15) is 0 Å². The third kappa shape index (κ3) is 4.75. The van der Waals surface area contributed by atoms with Gasteiger partial charge in [-0.2, -0.15) is 11.8 Å². The smallest absolute Gasteiger partial charge is 0.272 e. The summed E-state index contributed by atoms with van der Waals surface area (Å²) in [5.41, 5.74) is 1.01.